The molecule has 2 rings (SSSR count). The summed E-state index contributed by atoms with van der Waals surface area (Å²) >= 11 is 0. The number of nitrogens with two attached hydrogens (primary N) is 1. The van der Waals surface area contributed by atoms with E-state index < -0.39 is 17.3 Å². The van der Waals surface area contributed by atoms with E-state index in [2.05, 4.69) is 4.90 Å². The van der Waals surface area contributed by atoms with Crippen molar-refractivity contribution in [1.82, 2.24) is 9.80 Å². The zero-order chi connectivity index (χ0) is 14.9. The molecule has 0 aliphatic carbocycles. The van der Waals surface area contributed by atoms with Gasteiger partial charge in [-0.1, -0.05) is 0 Å². The minimum Gasteiger partial charge on any atom is -0.336 e. The Morgan fingerprint density at radius 2 is 1.95 bits per heavy atom. The number of likely N-dealkylation sites (N-methyl/N-ethyl adjacent to an activating group) is 1. The number of carbonyl (C=O) groups excluding carboxylic acids is 1. The van der Waals surface area contributed by atoms with Crippen LogP contribution in [0.15, 0.2) is 12.1 Å². The molecule has 1 unspecified atom stereocenters. The predicted molar refractivity (Wildman–Crippen MR) is 72.2 cm³/mol. The number of carbonyl (C=O) groups is 1. The maximum absolute atomic E-state index is 13.6. The fourth-order valence-electron chi connectivity index (χ4n) is 2.25. The molecule has 110 valence electrons. The average molecular weight is 284 g/mol. The fraction of sp³-hybridized carbons (Fsp3) is 0.462. The first kappa shape index (κ1) is 14.7. The number of benzene rings is 1. The Balaban J connectivity index is 2.21. The molecule has 1 amide bonds. The molecular formula is C13H18F2N4O. The Bertz CT molecular complexity index is 500. The average Bonchev–Trinajstić information content (AvgIpc) is 2.40. The fourth-order valence-corrected chi connectivity index (χ4v) is 2.25. The number of nitrogen functional groups attached to an aromatic ring is 1. The van der Waals surface area contributed by atoms with Crippen LogP contribution in [-0.4, -0.2) is 48.4 Å². The van der Waals surface area contributed by atoms with Crippen molar-refractivity contribution in [3.05, 3.63) is 29.3 Å². The van der Waals surface area contributed by atoms with E-state index in [1.165, 1.54) is 0 Å². The van der Waals surface area contributed by atoms with Crippen molar-refractivity contribution in [2.24, 2.45) is 5.84 Å². The molecule has 5 nitrogen and oxygen atoms in total. The number of hydrazine groups is 1. The van der Waals surface area contributed by atoms with Gasteiger partial charge >= 0.3 is 0 Å². The smallest absolute Gasteiger partial charge is 0.254 e. The van der Waals surface area contributed by atoms with Crippen LogP contribution >= 0.6 is 0 Å². The number of hydrogen-bond acceptors (Lipinski definition) is 4. The molecule has 0 saturated carbocycles. The molecule has 1 heterocycles. The molecule has 1 saturated heterocycles. The third-order valence-electron chi connectivity index (χ3n) is 3.68. The van der Waals surface area contributed by atoms with Crippen molar-refractivity contribution in [2.45, 2.75) is 13.0 Å². The number of piperazine rings is 1. The van der Waals surface area contributed by atoms with Crippen molar-refractivity contribution < 1.29 is 13.6 Å². The second-order valence-corrected chi connectivity index (χ2v) is 5.04. The van der Waals surface area contributed by atoms with Gasteiger partial charge in [-0.2, -0.15) is 0 Å². The van der Waals surface area contributed by atoms with Gasteiger partial charge in [-0.15, -0.1) is 0 Å². The minimum absolute atomic E-state index is 0.00393. The van der Waals surface area contributed by atoms with Gasteiger partial charge in [-0.05, 0) is 26.1 Å². The van der Waals surface area contributed by atoms with E-state index in [0.29, 0.717) is 13.1 Å². The summed E-state index contributed by atoms with van der Waals surface area (Å²) in [6.45, 7) is 3.82. The highest BCUT2D eigenvalue weighted by molar-refractivity contribution is 5.94. The number of amides is 1. The van der Waals surface area contributed by atoms with Gasteiger partial charge in [0.05, 0.1) is 0 Å². The third kappa shape index (κ3) is 2.73. The number of halogens is 2. The van der Waals surface area contributed by atoms with Crippen LogP contribution in [0.3, 0.4) is 0 Å². The van der Waals surface area contributed by atoms with Crippen molar-refractivity contribution in [3.63, 3.8) is 0 Å². The van der Waals surface area contributed by atoms with E-state index in [9.17, 15) is 13.6 Å². The molecule has 20 heavy (non-hydrogen) atoms. The molecule has 0 aromatic heterocycles. The van der Waals surface area contributed by atoms with Crippen molar-refractivity contribution >= 4 is 11.6 Å². The Labute approximate surface area is 116 Å². The Morgan fingerprint density at radius 1 is 1.35 bits per heavy atom. The zero-order valence-electron chi connectivity index (χ0n) is 11.5. The van der Waals surface area contributed by atoms with Gasteiger partial charge < -0.3 is 15.2 Å². The normalized spacial score (nSPS) is 20.1. The predicted octanol–water partition coefficient (Wildman–Crippen LogP) is 1.03. The maximum Gasteiger partial charge on any atom is 0.254 e. The van der Waals surface area contributed by atoms with Gasteiger partial charge in [0.2, 0.25) is 0 Å². The first-order valence-corrected chi connectivity index (χ1v) is 6.39. The molecule has 1 fully saturated rings. The first-order chi connectivity index (χ1) is 9.43. The molecule has 0 bridgehead atoms. The van der Waals surface area contributed by atoms with Gasteiger partial charge in [0, 0.05) is 31.2 Å². The molecule has 1 aromatic rings. The molecular weight excluding hydrogens is 266 g/mol. The van der Waals surface area contributed by atoms with Crippen LogP contribution < -0.4 is 11.3 Å². The summed E-state index contributed by atoms with van der Waals surface area (Å²) in [5.41, 5.74) is 1.50. The second kappa shape index (κ2) is 5.72. The van der Waals surface area contributed by atoms with Crippen LogP contribution in [0.5, 0.6) is 0 Å². The van der Waals surface area contributed by atoms with E-state index in [0.717, 1.165) is 18.7 Å². The lowest BCUT2D eigenvalue weighted by atomic mass is 10.1. The lowest BCUT2D eigenvalue weighted by molar-refractivity contribution is 0.0571. The highest BCUT2D eigenvalue weighted by Crippen LogP contribution is 2.21. The van der Waals surface area contributed by atoms with Gasteiger partial charge in [0.15, 0.2) is 11.6 Å². The Hall–Kier alpha value is -1.73. The quantitative estimate of drug-likeness (QED) is 0.629. The third-order valence-corrected chi connectivity index (χ3v) is 3.68. The van der Waals surface area contributed by atoms with Gasteiger partial charge in [0.1, 0.15) is 5.69 Å². The number of hydrogen-bond donors (Lipinski definition) is 2. The molecule has 1 aromatic carbocycles. The van der Waals surface area contributed by atoms with Crippen LogP contribution in [0.4, 0.5) is 14.5 Å². The molecule has 0 spiro atoms. The summed E-state index contributed by atoms with van der Waals surface area (Å²) in [7, 11) is 1.98. The highest BCUT2D eigenvalue weighted by Gasteiger charge is 2.26. The lowest BCUT2D eigenvalue weighted by Gasteiger charge is -2.37. The van der Waals surface area contributed by atoms with Gasteiger partial charge in [0.25, 0.3) is 5.91 Å². The van der Waals surface area contributed by atoms with Crippen molar-refractivity contribution in [2.75, 3.05) is 32.1 Å². The highest BCUT2D eigenvalue weighted by atomic mass is 19.1. The minimum atomic E-state index is -0.877. The first-order valence-electron chi connectivity index (χ1n) is 6.39. The standard InChI is InChI=1S/C13H18F2N4O/c1-8-7-19(4-3-18(8)2)13(20)9-5-10(14)12(17-16)11(15)6-9/h5-6,8,17H,3-4,7,16H2,1-2H3. The summed E-state index contributed by atoms with van der Waals surface area (Å²) in [4.78, 5) is 16.0. The van der Waals surface area contributed by atoms with E-state index in [1.54, 1.807) is 4.90 Å². The SMILES string of the molecule is CC1CN(C(=O)c2cc(F)c(NN)c(F)c2)CCN1C. The molecule has 3 N–H and O–H groups in total. The van der Waals surface area contributed by atoms with Gasteiger partial charge in [-0.25, -0.2) is 8.78 Å². The molecule has 7 heteroatoms. The summed E-state index contributed by atoms with van der Waals surface area (Å²) < 4.78 is 27.2. The monoisotopic (exact) mass is 284 g/mol. The topological polar surface area (TPSA) is 61.6 Å². The summed E-state index contributed by atoms with van der Waals surface area (Å²) in [6, 6.07) is 2.22. The summed E-state index contributed by atoms with van der Waals surface area (Å²) in [5.74, 6) is 2.90. The second-order valence-electron chi connectivity index (χ2n) is 5.04. The maximum atomic E-state index is 13.6. The molecule has 1 aliphatic heterocycles. The van der Waals surface area contributed by atoms with Gasteiger partial charge in [-0.3, -0.25) is 10.6 Å². The molecule has 1 atom stereocenters. The van der Waals surface area contributed by atoms with E-state index >= 15 is 0 Å². The summed E-state index contributed by atoms with van der Waals surface area (Å²) in [5, 5.41) is 0. The van der Waals surface area contributed by atoms with Crippen LogP contribution in [0.25, 0.3) is 0 Å². The molecule has 0 radical (unpaired) electrons. The van der Waals surface area contributed by atoms with Crippen LogP contribution in [0.1, 0.15) is 17.3 Å². The van der Waals surface area contributed by atoms with Crippen molar-refractivity contribution in [1.29, 1.82) is 0 Å². The van der Waals surface area contributed by atoms with E-state index in [1.807, 2.05) is 19.4 Å². The lowest BCUT2D eigenvalue weighted by Crippen LogP contribution is -2.52. The zero-order valence-corrected chi connectivity index (χ0v) is 11.5. The number of nitrogens with one attached hydrogen (secondary N) is 1. The van der Waals surface area contributed by atoms with Crippen LogP contribution in [-0.2, 0) is 0 Å². The van der Waals surface area contributed by atoms with E-state index in [4.69, 9.17) is 5.84 Å². The number of nitrogens with zero attached hydrogens (tertiary/aromatic N) is 2. The largest absolute Gasteiger partial charge is 0.336 e. The van der Waals surface area contributed by atoms with Crippen LogP contribution in [0.2, 0.25) is 0 Å². The van der Waals surface area contributed by atoms with Crippen molar-refractivity contribution in [3.8, 4) is 0 Å². The van der Waals surface area contributed by atoms with Crippen LogP contribution in [0, 0.1) is 11.6 Å². The Morgan fingerprint density at radius 3 is 2.45 bits per heavy atom. The summed E-state index contributed by atoms with van der Waals surface area (Å²) in [6.07, 6.45) is 0. The Kier molecular flexibility index (Phi) is 4.20. The molecule has 1 aliphatic rings. The number of rotatable bonds is 2. The number of anilines is 1. The van der Waals surface area contributed by atoms with E-state index in [-0.39, 0.29) is 17.5 Å².